The third kappa shape index (κ3) is 3.28. The first-order valence-electron chi connectivity index (χ1n) is 7.32. The molecule has 0 radical (unpaired) electrons. The molecule has 5 heteroatoms. The summed E-state index contributed by atoms with van der Waals surface area (Å²) in [5.41, 5.74) is 2.37. The predicted molar refractivity (Wildman–Crippen MR) is 83.5 cm³/mol. The molecule has 2 N–H and O–H groups in total. The number of ether oxygens (including phenoxy) is 1. The molecular weight excluding hydrogens is 286 g/mol. The highest BCUT2D eigenvalue weighted by Crippen LogP contribution is 2.38. The van der Waals surface area contributed by atoms with Gasteiger partial charge in [0.1, 0.15) is 0 Å². The molecule has 4 nitrogen and oxygen atoms in total. The van der Waals surface area contributed by atoms with Crippen LogP contribution in [-0.2, 0) is 16.7 Å². The first-order valence-corrected chi connectivity index (χ1v) is 7.70. The number of hydrogen-bond acceptors (Lipinski definition) is 3. The van der Waals surface area contributed by atoms with Crippen LogP contribution in [-0.4, -0.2) is 30.0 Å². The zero-order chi connectivity index (χ0) is 14.5. The fraction of sp³-hybridized carbons (Fsp3) is 0.438. The minimum Gasteiger partial charge on any atom is -0.381 e. The molecule has 0 unspecified atom stereocenters. The van der Waals surface area contributed by atoms with Crippen LogP contribution in [0.2, 0.25) is 5.02 Å². The SMILES string of the molecule is Clc1ccccc1C1(CNCc2ccn[nH]2)CCOCC1. The fourth-order valence-corrected chi connectivity index (χ4v) is 3.35. The Balaban J connectivity index is 1.75. The lowest BCUT2D eigenvalue weighted by Gasteiger charge is -2.38. The van der Waals surface area contributed by atoms with Gasteiger partial charge in [-0.3, -0.25) is 5.10 Å². The number of aromatic nitrogens is 2. The third-order valence-electron chi connectivity index (χ3n) is 4.23. The highest BCUT2D eigenvalue weighted by molar-refractivity contribution is 6.31. The first-order chi connectivity index (χ1) is 10.3. The lowest BCUT2D eigenvalue weighted by molar-refractivity contribution is 0.0498. The molecule has 1 saturated heterocycles. The van der Waals surface area contributed by atoms with E-state index in [1.165, 1.54) is 5.56 Å². The van der Waals surface area contributed by atoms with Gasteiger partial charge in [-0.2, -0.15) is 5.10 Å². The molecule has 0 aliphatic carbocycles. The summed E-state index contributed by atoms with van der Waals surface area (Å²) >= 11 is 6.44. The van der Waals surface area contributed by atoms with Gasteiger partial charge in [0.05, 0.1) is 0 Å². The van der Waals surface area contributed by atoms with Crippen LogP contribution in [0.5, 0.6) is 0 Å². The van der Waals surface area contributed by atoms with E-state index in [1.807, 2.05) is 18.2 Å². The molecule has 1 aromatic heterocycles. The van der Waals surface area contributed by atoms with E-state index in [0.717, 1.165) is 49.9 Å². The number of benzene rings is 1. The second kappa shape index (κ2) is 6.60. The van der Waals surface area contributed by atoms with Gasteiger partial charge in [-0.1, -0.05) is 29.8 Å². The van der Waals surface area contributed by atoms with Gasteiger partial charge >= 0.3 is 0 Å². The largest absolute Gasteiger partial charge is 0.381 e. The summed E-state index contributed by atoms with van der Waals surface area (Å²) in [5, 5.41) is 11.3. The smallest absolute Gasteiger partial charge is 0.0490 e. The van der Waals surface area contributed by atoms with Crippen molar-refractivity contribution in [2.75, 3.05) is 19.8 Å². The van der Waals surface area contributed by atoms with Gasteiger partial charge in [0.2, 0.25) is 0 Å². The Labute approximate surface area is 129 Å². The van der Waals surface area contributed by atoms with E-state index < -0.39 is 0 Å². The number of nitrogens with one attached hydrogen (secondary N) is 2. The Hall–Kier alpha value is -1.36. The average molecular weight is 306 g/mol. The zero-order valence-corrected chi connectivity index (χ0v) is 12.7. The van der Waals surface area contributed by atoms with Crippen LogP contribution < -0.4 is 5.32 Å². The summed E-state index contributed by atoms with van der Waals surface area (Å²) in [6, 6.07) is 10.2. The standard InChI is InChI=1S/C16H20ClN3O/c17-15-4-2-1-3-14(15)16(6-9-21-10-7-16)12-18-11-13-5-8-19-20-13/h1-5,8,18H,6-7,9-12H2,(H,19,20). The lowest BCUT2D eigenvalue weighted by Crippen LogP contribution is -2.42. The van der Waals surface area contributed by atoms with E-state index >= 15 is 0 Å². The van der Waals surface area contributed by atoms with Crippen LogP contribution in [0, 0.1) is 0 Å². The van der Waals surface area contributed by atoms with Gasteiger partial charge in [-0.15, -0.1) is 0 Å². The van der Waals surface area contributed by atoms with Crippen LogP contribution in [0.3, 0.4) is 0 Å². The van der Waals surface area contributed by atoms with Crippen molar-refractivity contribution in [1.29, 1.82) is 0 Å². The van der Waals surface area contributed by atoms with Gasteiger partial charge in [0.15, 0.2) is 0 Å². The van der Waals surface area contributed by atoms with Crippen molar-refractivity contribution in [2.45, 2.75) is 24.8 Å². The lowest BCUT2D eigenvalue weighted by atomic mass is 9.74. The second-order valence-corrected chi connectivity index (χ2v) is 5.97. The number of rotatable bonds is 5. The number of nitrogens with zero attached hydrogens (tertiary/aromatic N) is 1. The molecule has 0 bridgehead atoms. The number of aromatic amines is 1. The molecule has 21 heavy (non-hydrogen) atoms. The van der Waals surface area contributed by atoms with Crippen molar-refractivity contribution in [1.82, 2.24) is 15.5 Å². The number of halogens is 1. The van der Waals surface area contributed by atoms with E-state index in [9.17, 15) is 0 Å². The molecule has 1 aliphatic rings. The Morgan fingerprint density at radius 2 is 2.05 bits per heavy atom. The maximum Gasteiger partial charge on any atom is 0.0490 e. The summed E-state index contributed by atoms with van der Waals surface area (Å²) in [4.78, 5) is 0. The Bertz CT molecular complexity index is 565. The molecule has 3 rings (SSSR count). The molecule has 0 saturated carbocycles. The quantitative estimate of drug-likeness (QED) is 0.893. The maximum atomic E-state index is 6.44. The Morgan fingerprint density at radius 3 is 2.76 bits per heavy atom. The average Bonchev–Trinajstić information content (AvgIpc) is 3.02. The molecule has 1 aliphatic heterocycles. The zero-order valence-electron chi connectivity index (χ0n) is 11.9. The van der Waals surface area contributed by atoms with E-state index in [1.54, 1.807) is 6.20 Å². The Kier molecular flexibility index (Phi) is 4.58. The highest BCUT2D eigenvalue weighted by Gasteiger charge is 2.35. The summed E-state index contributed by atoms with van der Waals surface area (Å²) in [5.74, 6) is 0. The summed E-state index contributed by atoms with van der Waals surface area (Å²) < 4.78 is 5.55. The summed E-state index contributed by atoms with van der Waals surface area (Å²) in [7, 11) is 0. The van der Waals surface area contributed by atoms with Crippen LogP contribution in [0.15, 0.2) is 36.5 Å². The van der Waals surface area contributed by atoms with Gasteiger partial charge in [0.25, 0.3) is 0 Å². The van der Waals surface area contributed by atoms with Crippen LogP contribution in [0.4, 0.5) is 0 Å². The molecular formula is C16H20ClN3O. The molecule has 112 valence electrons. The fourth-order valence-electron chi connectivity index (χ4n) is 3.01. The number of hydrogen-bond donors (Lipinski definition) is 2. The topological polar surface area (TPSA) is 49.9 Å². The van der Waals surface area contributed by atoms with Gasteiger partial charge in [-0.05, 0) is 30.5 Å². The van der Waals surface area contributed by atoms with Crippen molar-refractivity contribution < 1.29 is 4.74 Å². The monoisotopic (exact) mass is 305 g/mol. The molecule has 0 spiro atoms. The van der Waals surface area contributed by atoms with Gasteiger partial charge in [-0.25, -0.2) is 0 Å². The summed E-state index contributed by atoms with van der Waals surface area (Å²) in [6.07, 6.45) is 3.76. The highest BCUT2D eigenvalue weighted by atomic mass is 35.5. The van der Waals surface area contributed by atoms with Gasteiger partial charge < -0.3 is 10.1 Å². The normalized spacial score (nSPS) is 17.8. The van der Waals surface area contributed by atoms with Gasteiger partial charge in [0, 0.05) is 48.6 Å². The Morgan fingerprint density at radius 1 is 1.24 bits per heavy atom. The molecule has 2 heterocycles. The predicted octanol–water partition coefficient (Wildman–Crippen LogP) is 2.90. The first kappa shape index (κ1) is 14.6. The maximum absolute atomic E-state index is 6.44. The third-order valence-corrected chi connectivity index (χ3v) is 4.56. The van der Waals surface area contributed by atoms with E-state index in [-0.39, 0.29) is 5.41 Å². The van der Waals surface area contributed by atoms with Crippen LogP contribution >= 0.6 is 11.6 Å². The van der Waals surface area contributed by atoms with Crippen molar-refractivity contribution in [3.63, 3.8) is 0 Å². The van der Waals surface area contributed by atoms with Crippen LogP contribution in [0.1, 0.15) is 24.1 Å². The van der Waals surface area contributed by atoms with E-state index in [0.29, 0.717) is 0 Å². The summed E-state index contributed by atoms with van der Waals surface area (Å²) in [6.45, 7) is 3.25. The van der Waals surface area contributed by atoms with E-state index in [2.05, 4.69) is 27.6 Å². The minimum absolute atomic E-state index is 0.0522. The molecule has 1 aromatic carbocycles. The van der Waals surface area contributed by atoms with Crippen LogP contribution in [0.25, 0.3) is 0 Å². The molecule has 0 amide bonds. The van der Waals surface area contributed by atoms with E-state index in [4.69, 9.17) is 16.3 Å². The minimum atomic E-state index is 0.0522. The van der Waals surface area contributed by atoms with Crippen molar-refractivity contribution in [2.24, 2.45) is 0 Å². The molecule has 1 fully saturated rings. The molecule has 2 aromatic rings. The van der Waals surface area contributed by atoms with Crippen molar-refractivity contribution >= 4 is 11.6 Å². The second-order valence-electron chi connectivity index (χ2n) is 5.56. The van der Waals surface area contributed by atoms with Crippen molar-refractivity contribution in [3.05, 3.63) is 52.8 Å². The number of H-pyrrole nitrogens is 1. The molecule has 0 atom stereocenters. The van der Waals surface area contributed by atoms with Crippen molar-refractivity contribution in [3.8, 4) is 0 Å².